The molecule has 1 fully saturated rings. The fraction of sp³-hybridized carbons (Fsp3) is 0.435. The van der Waals surface area contributed by atoms with E-state index >= 15 is 0 Å². The number of hydrogen-bond acceptors (Lipinski definition) is 4. The van der Waals surface area contributed by atoms with Crippen LogP contribution in [0.15, 0.2) is 48.5 Å². The standard InChI is InChI=1S/C23H30N2O3.ClH/c1-5-27-20-14-23(24,22(20,3)4)21(26)25-15-17-11-7-9-13-19(17)28-18-12-8-6-10-16(18)2;/h6-13,20H,5,14-15,24H2,1-4H3,(H,25,26);1H. The molecule has 2 atom stereocenters. The van der Waals surface area contributed by atoms with Crippen LogP contribution >= 0.6 is 12.4 Å². The van der Waals surface area contributed by atoms with Gasteiger partial charge in [0.15, 0.2) is 0 Å². The summed E-state index contributed by atoms with van der Waals surface area (Å²) in [7, 11) is 0. The molecule has 1 aliphatic carbocycles. The molecule has 3 N–H and O–H groups in total. The van der Waals surface area contributed by atoms with Crippen molar-refractivity contribution in [2.24, 2.45) is 11.1 Å². The van der Waals surface area contributed by atoms with E-state index in [0.29, 0.717) is 19.6 Å². The summed E-state index contributed by atoms with van der Waals surface area (Å²) >= 11 is 0. The zero-order chi connectivity index (χ0) is 20.4. The number of aryl methyl sites for hydroxylation is 1. The topological polar surface area (TPSA) is 73.6 Å². The Hall–Kier alpha value is -2.08. The highest BCUT2D eigenvalue weighted by molar-refractivity contribution is 5.88. The molecule has 1 amide bonds. The van der Waals surface area contributed by atoms with Gasteiger partial charge in [-0.05, 0) is 31.5 Å². The minimum Gasteiger partial charge on any atom is -0.457 e. The number of nitrogens with two attached hydrogens (primary N) is 1. The summed E-state index contributed by atoms with van der Waals surface area (Å²) in [6.45, 7) is 8.92. The molecule has 158 valence electrons. The molecular formula is C23H31ClN2O3. The Kier molecular flexibility index (Phi) is 7.33. The van der Waals surface area contributed by atoms with Crippen LogP contribution in [0.5, 0.6) is 11.5 Å². The van der Waals surface area contributed by atoms with Crippen molar-refractivity contribution in [3.63, 3.8) is 0 Å². The molecule has 0 saturated heterocycles. The van der Waals surface area contributed by atoms with E-state index in [9.17, 15) is 4.79 Å². The summed E-state index contributed by atoms with van der Waals surface area (Å²) in [6, 6.07) is 15.6. The number of benzene rings is 2. The molecule has 0 radical (unpaired) electrons. The summed E-state index contributed by atoms with van der Waals surface area (Å²) < 4.78 is 11.8. The van der Waals surface area contributed by atoms with Gasteiger partial charge in [-0.1, -0.05) is 50.2 Å². The maximum absolute atomic E-state index is 12.9. The molecule has 2 unspecified atom stereocenters. The number of nitrogens with one attached hydrogen (secondary N) is 1. The number of halogens is 1. The van der Waals surface area contributed by atoms with Crippen LogP contribution in [0.3, 0.4) is 0 Å². The molecule has 2 aromatic carbocycles. The second kappa shape index (κ2) is 9.16. The molecule has 5 nitrogen and oxygen atoms in total. The Balaban J connectivity index is 0.00000300. The summed E-state index contributed by atoms with van der Waals surface area (Å²) in [5.74, 6) is 1.37. The monoisotopic (exact) mass is 418 g/mol. The molecule has 0 heterocycles. The number of hydrogen-bond donors (Lipinski definition) is 2. The minimum atomic E-state index is -0.932. The lowest BCUT2D eigenvalue weighted by Crippen LogP contribution is -2.75. The Morgan fingerprint density at radius 1 is 1.14 bits per heavy atom. The van der Waals surface area contributed by atoms with Crippen LogP contribution < -0.4 is 15.8 Å². The number of carbonyl (C=O) groups excluding carboxylic acids is 1. The molecule has 2 aromatic rings. The largest absolute Gasteiger partial charge is 0.457 e. The lowest BCUT2D eigenvalue weighted by Gasteiger charge is -2.57. The second-order valence-electron chi connectivity index (χ2n) is 8.00. The Labute approximate surface area is 179 Å². The van der Waals surface area contributed by atoms with E-state index in [0.717, 1.165) is 22.6 Å². The molecule has 29 heavy (non-hydrogen) atoms. The summed E-state index contributed by atoms with van der Waals surface area (Å²) in [6.07, 6.45) is 0.533. The van der Waals surface area contributed by atoms with Crippen LogP contribution in [0.4, 0.5) is 0 Å². The lowest BCUT2D eigenvalue weighted by molar-refractivity contribution is -0.170. The predicted octanol–water partition coefficient (Wildman–Crippen LogP) is 4.36. The highest BCUT2D eigenvalue weighted by atomic mass is 35.5. The van der Waals surface area contributed by atoms with Crippen molar-refractivity contribution in [1.29, 1.82) is 0 Å². The molecule has 1 saturated carbocycles. The Bertz CT molecular complexity index is 856. The first-order chi connectivity index (χ1) is 13.3. The van der Waals surface area contributed by atoms with Crippen LogP contribution in [0.25, 0.3) is 0 Å². The van der Waals surface area contributed by atoms with E-state index in [1.54, 1.807) is 0 Å². The Morgan fingerprint density at radius 3 is 2.38 bits per heavy atom. The van der Waals surface area contributed by atoms with Gasteiger partial charge in [-0.25, -0.2) is 0 Å². The third kappa shape index (κ3) is 4.42. The van der Waals surface area contributed by atoms with Crippen molar-refractivity contribution in [1.82, 2.24) is 5.32 Å². The third-order valence-electron chi connectivity index (χ3n) is 5.96. The average Bonchev–Trinajstić information content (AvgIpc) is 2.68. The molecule has 0 bridgehead atoms. The van der Waals surface area contributed by atoms with Gasteiger partial charge in [-0.2, -0.15) is 0 Å². The maximum atomic E-state index is 12.9. The van der Waals surface area contributed by atoms with E-state index < -0.39 is 11.0 Å². The normalized spacial score (nSPS) is 22.2. The quantitative estimate of drug-likeness (QED) is 0.700. The summed E-state index contributed by atoms with van der Waals surface area (Å²) in [5.41, 5.74) is 7.08. The van der Waals surface area contributed by atoms with Crippen LogP contribution in [0.1, 0.15) is 38.3 Å². The van der Waals surface area contributed by atoms with Gasteiger partial charge in [-0.15, -0.1) is 12.4 Å². The smallest absolute Gasteiger partial charge is 0.241 e. The fourth-order valence-electron chi connectivity index (χ4n) is 3.69. The second-order valence-corrected chi connectivity index (χ2v) is 8.00. The van der Waals surface area contributed by atoms with Gasteiger partial charge < -0.3 is 20.5 Å². The van der Waals surface area contributed by atoms with Crippen LogP contribution in [0, 0.1) is 12.3 Å². The number of ether oxygens (including phenoxy) is 2. The van der Waals surface area contributed by atoms with E-state index in [-0.39, 0.29) is 24.4 Å². The molecular weight excluding hydrogens is 388 g/mol. The maximum Gasteiger partial charge on any atom is 0.241 e. The van der Waals surface area contributed by atoms with Gasteiger partial charge in [0.2, 0.25) is 5.91 Å². The molecule has 0 aliphatic heterocycles. The SMILES string of the molecule is CCOC1CC(N)(C(=O)NCc2ccccc2Oc2ccccc2C)C1(C)C.Cl. The number of para-hydroxylation sites is 2. The molecule has 6 heteroatoms. The number of amides is 1. The molecule has 0 aromatic heterocycles. The lowest BCUT2D eigenvalue weighted by atomic mass is 9.54. The first-order valence-corrected chi connectivity index (χ1v) is 9.79. The minimum absolute atomic E-state index is 0. The summed E-state index contributed by atoms with van der Waals surface area (Å²) in [5, 5.41) is 3.00. The van der Waals surface area contributed by atoms with Crippen molar-refractivity contribution in [3.8, 4) is 11.5 Å². The van der Waals surface area contributed by atoms with Crippen LogP contribution in [0.2, 0.25) is 0 Å². The van der Waals surface area contributed by atoms with Gasteiger partial charge in [-0.3, -0.25) is 4.79 Å². The van der Waals surface area contributed by atoms with Crippen molar-refractivity contribution in [3.05, 3.63) is 59.7 Å². The molecule has 1 aliphatic rings. The van der Waals surface area contributed by atoms with Gasteiger partial charge in [0.1, 0.15) is 17.0 Å². The van der Waals surface area contributed by atoms with E-state index in [2.05, 4.69) is 5.32 Å². The van der Waals surface area contributed by atoms with E-state index in [1.807, 2.05) is 76.2 Å². The Morgan fingerprint density at radius 2 is 1.76 bits per heavy atom. The van der Waals surface area contributed by atoms with Gasteiger partial charge in [0, 0.05) is 30.6 Å². The first kappa shape index (κ1) is 23.2. The third-order valence-corrected chi connectivity index (χ3v) is 5.96. The summed E-state index contributed by atoms with van der Waals surface area (Å²) in [4.78, 5) is 12.9. The van der Waals surface area contributed by atoms with Crippen LogP contribution in [-0.4, -0.2) is 24.2 Å². The highest BCUT2D eigenvalue weighted by Gasteiger charge is 2.62. The van der Waals surface area contributed by atoms with Crippen molar-refractivity contribution < 1.29 is 14.3 Å². The fourth-order valence-corrected chi connectivity index (χ4v) is 3.69. The zero-order valence-electron chi connectivity index (χ0n) is 17.5. The van der Waals surface area contributed by atoms with Crippen molar-refractivity contribution >= 4 is 18.3 Å². The van der Waals surface area contributed by atoms with Gasteiger partial charge in [0.05, 0.1) is 6.10 Å². The van der Waals surface area contributed by atoms with Crippen LogP contribution in [-0.2, 0) is 16.1 Å². The predicted molar refractivity (Wildman–Crippen MR) is 118 cm³/mol. The van der Waals surface area contributed by atoms with Gasteiger partial charge >= 0.3 is 0 Å². The van der Waals surface area contributed by atoms with Gasteiger partial charge in [0.25, 0.3) is 0 Å². The molecule has 3 rings (SSSR count). The van der Waals surface area contributed by atoms with Crippen molar-refractivity contribution in [2.45, 2.75) is 52.3 Å². The number of carbonyl (C=O) groups is 1. The average molecular weight is 419 g/mol. The zero-order valence-corrected chi connectivity index (χ0v) is 18.3. The van der Waals surface area contributed by atoms with Crippen molar-refractivity contribution in [2.75, 3.05) is 6.61 Å². The van der Waals surface area contributed by atoms with E-state index in [1.165, 1.54) is 0 Å². The van der Waals surface area contributed by atoms with E-state index in [4.69, 9.17) is 15.2 Å². The first-order valence-electron chi connectivity index (χ1n) is 9.79. The highest BCUT2D eigenvalue weighted by Crippen LogP contribution is 2.49. The number of rotatable bonds is 7. The molecule has 0 spiro atoms.